The van der Waals surface area contributed by atoms with Crippen LogP contribution < -0.4 is 0 Å². The number of hydrogen-bond acceptors (Lipinski definition) is 1. The monoisotopic (exact) mass is 168 g/mol. The van der Waals surface area contributed by atoms with Gasteiger partial charge >= 0.3 is 0 Å². The maximum atomic E-state index is 11.1. The summed E-state index contributed by atoms with van der Waals surface area (Å²) in [6.45, 7) is 10.3. The summed E-state index contributed by atoms with van der Waals surface area (Å²) in [6, 6.07) is 0. The van der Waals surface area contributed by atoms with E-state index in [0.717, 1.165) is 6.42 Å². The van der Waals surface area contributed by atoms with E-state index >= 15 is 0 Å². The lowest BCUT2D eigenvalue weighted by Crippen LogP contribution is -2.05. The minimum atomic E-state index is 0.126. The summed E-state index contributed by atoms with van der Waals surface area (Å²) in [5.74, 6) is 0.348. The Balaban J connectivity index is 3.86. The third kappa shape index (κ3) is 6.14. The minimum absolute atomic E-state index is 0.126. The molecule has 12 heavy (non-hydrogen) atoms. The lowest BCUT2D eigenvalue weighted by atomic mass is 9.92. The Bertz CT molecular complexity index is 170. The summed E-state index contributed by atoms with van der Waals surface area (Å²) in [5, 5.41) is 0. The van der Waals surface area contributed by atoms with Crippen molar-refractivity contribution < 1.29 is 4.79 Å². The molecule has 1 heteroatoms. The van der Waals surface area contributed by atoms with Gasteiger partial charge in [-0.2, -0.15) is 0 Å². The standard InChI is InChI=1S/C11H20O/c1-9(2)10(12)7-6-8-11(3,4)5/h6-7,9H,8H2,1-5H3/b7-6+. The van der Waals surface area contributed by atoms with Crippen LogP contribution in [0, 0.1) is 11.3 Å². The highest BCUT2D eigenvalue weighted by Gasteiger charge is 2.07. The first-order valence-electron chi connectivity index (χ1n) is 4.53. The van der Waals surface area contributed by atoms with Gasteiger partial charge in [0.25, 0.3) is 0 Å². The van der Waals surface area contributed by atoms with Crippen molar-refractivity contribution in [3.63, 3.8) is 0 Å². The molecule has 1 nitrogen and oxygen atoms in total. The predicted molar refractivity (Wildman–Crippen MR) is 53.1 cm³/mol. The summed E-state index contributed by atoms with van der Waals surface area (Å²) in [7, 11) is 0. The van der Waals surface area contributed by atoms with E-state index < -0.39 is 0 Å². The first-order chi connectivity index (χ1) is 5.33. The lowest BCUT2D eigenvalue weighted by molar-refractivity contribution is -0.117. The average molecular weight is 168 g/mol. The van der Waals surface area contributed by atoms with Crippen LogP contribution in [0.2, 0.25) is 0 Å². The second kappa shape index (κ2) is 4.44. The third-order valence-corrected chi connectivity index (χ3v) is 1.58. The van der Waals surface area contributed by atoms with Crippen LogP contribution in [0.25, 0.3) is 0 Å². The second-order valence-corrected chi connectivity index (χ2v) is 4.72. The van der Waals surface area contributed by atoms with Crippen LogP contribution in [-0.2, 0) is 4.79 Å². The van der Waals surface area contributed by atoms with Crippen molar-refractivity contribution in [1.29, 1.82) is 0 Å². The zero-order valence-corrected chi connectivity index (χ0v) is 8.85. The molecule has 0 aliphatic carbocycles. The molecule has 0 spiro atoms. The molecule has 0 aliphatic rings. The van der Waals surface area contributed by atoms with Gasteiger partial charge in [-0.05, 0) is 17.9 Å². The quantitative estimate of drug-likeness (QED) is 0.591. The third-order valence-electron chi connectivity index (χ3n) is 1.58. The number of carbonyl (C=O) groups is 1. The van der Waals surface area contributed by atoms with Crippen molar-refractivity contribution in [1.82, 2.24) is 0 Å². The molecular weight excluding hydrogens is 148 g/mol. The molecule has 0 heterocycles. The average Bonchev–Trinajstić information content (AvgIpc) is 1.84. The van der Waals surface area contributed by atoms with Gasteiger partial charge in [-0.1, -0.05) is 40.7 Å². The van der Waals surface area contributed by atoms with E-state index in [9.17, 15) is 4.79 Å². The summed E-state index contributed by atoms with van der Waals surface area (Å²) >= 11 is 0. The zero-order chi connectivity index (χ0) is 9.78. The molecule has 0 amide bonds. The Labute approximate surface area is 75.9 Å². The Morgan fingerprint density at radius 2 is 1.83 bits per heavy atom. The van der Waals surface area contributed by atoms with Gasteiger partial charge in [-0.25, -0.2) is 0 Å². The van der Waals surface area contributed by atoms with Gasteiger partial charge in [0, 0.05) is 5.92 Å². The second-order valence-electron chi connectivity index (χ2n) is 4.72. The molecule has 70 valence electrons. The molecule has 0 rings (SSSR count). The van der Waals surface area contributed by atoms with Gasteiger partial charge in [0.1, 0.15) is 0 Å². The van der Waals surface area contributed by atoms with Gasteiger partial charge in [-0.15, -0.1) is 0 Å². The van der Waals surface area contributed by atoms with E-state index in [1.807, 2.05) is 19.9 Å². The van der Waals surface area contributed by atoms with Crippen LogP contribution in [0.15, 0.2) is 12.2 Å². The van der Waals surface area contributed by atoms with E-state index in [0.29, 0.717) is 0 Å². The highest BCUT2D eigenvalue weighted by molar-refractivity contribution is 5.91. The van der Waals surface area contributed by atoms with Crippen molar-refractivity contribution in [2.24, 2.45) is 11.3 Å². The molecule has 0 unspecified atom stereocenters. The molecule has 0 aromatic heterocycles. The van der Waals surface area contributed by atoms with Crippen LogP contribution >= 0.6 is 0 Å². The molecule has 0 aromatic carbocycles. The highest BCUT2D eigenvalue weighted by Crippen LogP contribution is 2.18. The SMILES string of the molecule is CC(C)C(=O)/C=C/CC(C)(C)C. The van der Waals surface area contributed by atoms with E-state index in [2.05, 4.69) is 20.8 Å². The molecule has 0 aliphatic heterocycles. The van der Waals surface area contributed by atoms with Crippen molar-refractivity contribution in [3.8, 4) is 0 Å². The fourth-order valence-corrected chi connectivity index (χ4v) is 0.721. The van der Waals surface area contributed by atoms with E-state index in [1.54, 1.807) is 6.08 Å². The van der Waals surface area contributed by atoms with E-state index in [1.165, 1.54) is 0 Å². The Morgan fingerprint density at radius 1 is 1.33 bits per heavy atom. The van der Waals surface area contributed by atoms with Crippen molar-refractivity contribution >= 4 is 5.78 Å². The highest BCUT2D eigenvalue weighted by atomic mass is 16.1. The van der Waals surface area contributed by atoms with Crippen LogP contribution in [0.5, 0.6) is 0 Å². The van der Waals surface area contributed by atoms with Gasteiger partial charge in [0.2, 0.25) is 0 Å². The fourth-order valence-electron chi connectivity index (χ4n) is 0.721. The molecule has 0 aromatic rings. The number of carbonyl (C=O) groups excluding carboxylic acids is 1. The van der Waals surface area contributed by atoms with Gasteiger partial charge in [0.15, 0.2) is 5.78 Å². The van der Waals surface area contributed by atoms with Crippen molar-refractivity contribution in [2.75, 3.05) is 0 Å². The Kier molecular flexibility index (Phi) is 4.22. The fraction of sp³-hybridized carbons (Fsp3) is 0.727. The zero-order valence-electron chi connectivity index (χ0n) is 8.85. The molecule has 0 fully saturated rings. The summed E-state index contributed by atoms with van der Waals surface area (Å²) in [6.07, 6.45) is 4.64. The molecule has 0 atom stereocenters. The Hall–Kier alpha value is -0.590. The number of allylic oxidation sites excluding steroid dienone is 2. The number of hydrogen-bond donors (Lipinski definition) is 0. The van der Waals surface area contributed by atoms with E-state index in [-0.39, 0.29) is 17.1 Å². The van der Waals surface area contributed by atoms with Crippen molar-refractivity contribution in [2.45, 2.75) is 41.0 Å². The summed E-state index contributed by atoms with van der Waals surface area (Å²) in [5.41, 5.74) is 0.285. The van der Waals surface area contributed by atoms with Crippen LogP contribution in [0.1, 0.15) is 41.0 Å². The molecule has 0 saturated carbocycles. The molecule has 0 bridgehead atoms. The maximum Gasteiger partial charge on any atom is 0.157 e. The smallest absolute Gasteiger partial charge is 0.157 e. The van der Waals surface area contributed by atoms with Crippen molar-refractivity contribution in [3.05, 3.63) is 12.2 Å². The van der Waals surface area contributed by atoms with Crippen LogP contribution in [-0.4, -0.2) is 5.78 Å². The largest absolute Gasteiger partial charge is 0.295 e. The Morgan fingerprint density at radius 3 is 2.17 bits per heavy atom. The number of rotatable bonds is 3. The molecule has 0 N–H and O–H groups in total. The molecule has 0 radical (unpaired) electrons. The van der Waals surface area contributed by atoms with Gasteiger partial charge < -0.3 is 0 Å². The maximum absolute atomic E-state index is 11.1. The van der Waals surface area contributed by atoms with E-state index in [4.69, 9.17) is 0 Å². The first kappa shape index (κ1) is 11.4. The van der Waals surface area contributed by atoms with Crippen LogP contribution in [0.4, 0.5) is 0 Å². The van der Waals surface area contributed by atoms with Gasteiger partial charge in [-0.3, -0.25) is 4.79 Å². The number of ketones is 1. The normalized spacial score (nSPS) is 12.8. The molecular formula is C11H20O. The minimum Gasteiger partial charge on any atom is -0.295 e. The van der Waals surface area contributed by atoms with Gasteiger partial charge in [0.05, 0.1) is 0 Å². The molecule has 0 saturated heterocycles. The van der Waals surface area contributed by atoms with Crippen LogP contribution in [0.3, 0.4) is 0 Å². The summed E-state index contributed by atoms with van der Waals surface area (Å²) < 4.78 is 0. The lowest BCUT2D eigenvalue weighted by Gasteiger charge is -2.14. The summed E-state index contributed by atoms with van der Waals surface area (Å²) in [4.78, 5) is 11.1. The first-order valence-corrected chi connectivity index (χ1v) is 4.53. The topological polar surface area (TPSA) is 17.1 Å². The predicted octanol–water partition coefficient (Wildman–Crippen LogP) is 3.20.